The normalized spacial score (nSPS) is 6.86. The molecule has 3 heteroatoms. The van der Waals surface area contributed by atoms with E-state index in [0.717, 1.165) is 0 Å². The lowest BCUT2D eigenvalue weighted by Gasteiger charge is -1.91. The Morgan fingerprint density at radius 2 is 1.00 bits per heavy atom. The van der Waals surface area contributed by atoms with E-state index < -0.39 is 0 Å². The number of carbonyl (C=O) groups is 1. The van der Waals surface area contributed by atoms with Crippen LogP contribution in [0, 0.1) is 0 Å². The Balaban J connectivity index is 0. The maximum absolute atomic E-state index is 9.96. The molecule has 1 rings (SSSR count). The zero-order valence-corrected chi connectivity index (χ0v) is 9.37. The van der Waals surface area contributed by atoms with E-state index in [-0.39, 0.29) is 6.03 Å². The van der Waals surface area contributed by atoms with Gasteiger partial charge in [0.05, 0.1) is 0 Å². The Hall–Kier alpha value is -1.51. The monoisotopic (exact) mass is 196 g/mol. The second-order valence-corrected chi connectivity index (χ2v) is 1.98. The van der Waals surface area contributed by atoms with E-state index in [1.165, 1.54) is 0 Å². The fourth-order valence-corrected chi connectivity index (χ4v) is 0.510. The number of benzene rings is 1. The Morgan fingerprint density at radius 3 is 1.07 bits per heavy atom. The predicted molar refractivity (Wildman–Crippen MR) is 61.3 cm³/mol. The Kier molecular flexibility index (Phi) is 15.0. The molecule has 3 nitrogen and oxygen atoms in total. The molecule has 0 fully saturated rings. The average Bonchev–Trinajstić information content (AvgIpc) is 2.33. The van der Waals surface area contributed by atoms with Gasteiger partial charge in [0.15, 0.2) is 0 Å². The van der Waals surface area contributed by atoms with Gasteiger partial charge in [-0.25, -0.2) is 4.79 Å². The summed E-state index contributed by atoms with van der Waals surface area (Å²) in [6.07, 6.45) is 0. The second kappa shape index (κ2) is 14.0. The van der Waals surface area contributed by atoms with Gasteiger partial charge in [0.2, 0.25) is 0 Å². The predicted octanol–water partition coefficient (Wildman–Crippen LogP) is 2.26. The lowest BCUT2D eigenvalue weighted by atomic mass is 10.4. The number of rotatable bonds is 0. The summed E-state index contributed by atoms with van der Waals surface area (Å²) in [6.45, 7) is 4.00. The average molecular weight is 196 g/mol. The minimum atomic E-state index is -0.157. The molecule has 0 aromatic heterocycles. The molecule has 1 aromatic carbocycles. The van der Waals surface area contributed by atoms with Gasteiger partial charge in [0, 0.05) is 14.1 Å². The van der Waals surface area contributed by atoms with Crippen LogP contribution in [-0.2, 0) is 0 Å². The third-order valence-electron chi connectivity index (χ3n) is 1.12. The second-order valence-electron chi connectivity index (χ2n) is 1.98. The number of nitrogens with one attached hydrogen (secondary N) is 2. The highest BCUT2D eigenvalue weighted by Gasteiger charge is 1.81. The Labute approximate surface area is 86.5 Å². The first kappa shape index (κ1) is 15.0. The first-order valence-electron chi connectivity index (χ1n) is 4.70. The Bertz CT molecular complexity index is 167. The molecule has 0 bridgehead atoms. The van der Waals surface area contributed by atoms with Gasteiger partial charge in [-0.05, 0) is 0 Å². The maximum atomic E-state index is 9.96. The first-order valence-corrected chi connectivity index (χ1v) is 4.70. The standard InChI is InChI=1S/C6H6.C3H8N2O.C2H6/c1-2-4-6-5-3-1;1-4-3(6)5-2;1-2/h1-6H;1-2H3,(H2,4,5,6);1-2H3. The van der Waals surface area contributed by atoms with E-state index in [2.05, 4.69) is 10.6 Å². The molecule has 14 heavy (non-hydrogen) atoms. The molecular weight excluding hydrogens is 176 g/mol. The van der Waals surface area contributed by atoms with Crippen LogP contribution in [-0.4, -0.2) is 20.1 Å². The van der Waals surface area contributed by atoms with Crippen molar-refractivity contribution in [3.8, 4) is 0 Å². The van der Waals surface area contributed by atoms with Crippen molar-refractivity contribution in [1.82, 2.24) is 10.6 Å². The topological polar surface area (TPSA) is 41.1 Å². The minimum absolute atomic E-state index is 0.157. The van der Waals surface area contributed by atoms with Crippen LogP contribution >= 0.6 is 0 Å². The molecule has 2 amide bonds. The molecule has 0 radical (unpaired) electrons. The third kappa shape index (κ3) is 13.1. The lowest BCUT2D eigenvalue weighted by Crippen LogP contribution is -2.28. The van der Waals surface area contributed by atoms with Crippen LogP contribution in [0.15, 0.2) is 36.4 Å². The van der Waals surface area contributed by atoms with Gasteiger partial charge in [-0.2, -0.15) is 0 Å². The fourth-order valence-electron chi connectivity index (χ4n) is 0.510. The summed E-state index contributed by atoms with van der Waals surface area (Å²) in [5.74, 6) is 0. The van der Waals surface area contributed by atoms with Gasteiger partial charge >= 0.3 is 6.03 Å². The summed E-state index contributed by atoms with van der Waals surface area (Å²) in [4.78, 5) is 9.96. The summed E-state index contributed by atoms with van der Waals surface area (Å²) in [5, 5.41) is 4.73. The van der Waals surface area contributed by atoms with Crippen molar-refractivity contribution >= 4 is 6.03 Å². The van der Waals surface area contributed by atoms with Crippen molar-refractivity contribution in [2.24, 2.45) is 0 Å². The largest absolute Gasteiger partial charge is 0.341 e. The van der Waals surface area contributed by atoms with Crippen LogP contribution in [0.3, 0.4) is 0 Å². The third-order valence-corrected chi connectivity index (χ3v) is 1.12. The summed E-state index contributed by atoms with van der Waals surface area (Å²) in [5.41, 5.74) is 0. The molecule has 0 aliphatic carbocycles. The van der Waals surface area contributed by atoms with Gasteiger partial charge in [-0.1, -0.05) is 50.2 Å². The van der Waals surface area contributed by atoms with Crippen molar-refractivity contribution in [2.45, 2.75) is 13.8 Å². The molecular formula is C11H20N2O. The van der Waals surface area contributed by atoms with Gasteiger partial charge in [0.1, 0.15) is 0 Å². The van der Waals surface area contributed by atoms with Gasteiger partial charge in [-0.3, -0.25) is 0 Å². The fraction of sp³-hybridized carbons (Fsp3) is 0.364. The smallest absolute Gasteiger partial charge is 0.314 e. The van der Waals surface area contributed by atoms with E-state index >= 15 is 0 Å². The van der Waals surface area contributed by atoms with Crippen molar-refractivity contribution in [3.05, 3.63) is 36.4 Å². The summed E-state index contributed by atoms with van der Waals surface area (Å²) >= 11 is 0. The van der Waals surface area contributed by atoms with Crippen molar-refractivity contribution in [1.29, 1.82) is 0 Å². The van der Waals surface area contributed by atoms with Crippen molar-refractivity contribution in [2.75, 3.05) is 14.1 Å². The summed E-state index contributed by atoms with van der Waals surface area (Å²) in [7, 11) is 3.14. The molecule has 0 saturated heterocycles. The summed E-state index contributed by atoms with van der Waals surface area (Å²) < 4.78 is 0. The first-order chi connectivity index (χ1) is 6.81. The summed E-state index contributed by atoms with van der Waals surface area (Å²) in [6, 6.07) is 11.8. The van der Waals surface area contributed by atoms with Crippen LogP contribution in [0.25, 0.3) is 0 Å². The number of carbonyl (C=O) groups excluding carboxylic acids is 1. The molecule has 0 unspecified atom stereocenters. The SMILES string of the molecule is CC.CNC(=O)NC.c1ccccc1. The van der Waals surface area contributed by atoms with Gasteiger partial charge in [-0.15, -0.1) is 0 Å². The molecule has 0 aliphatic rings. The molecule has 1 aromatic rings. The van der Waals surface area contributed by atoms with Crippen LogP contribution in [0.5, 0.6) is 0 Å². The Morgan fingerprint density at radius 1 is 0.786 bits per heavy atom. The molecule has 80 valence electrons. The van der Waals surface area contributed by atoms with Crippen molar-refractivity contribution < 1.29 is 4.79 Å². The quantitative estimate of drug-likeness (QED) is 0.656. The van der Waals surface area contributed by atoms with E-state index in [1.54, 1.807) is 14.1 Å². The van der Waals surface area contributed by atoms with Crippen molar-refractivity contribution in [3.63, 3.8) is 0 Å². The molecule has 0 heterocycles. The minimum Gasteiger partial charge on any atom is -0.341 e. The zero-order valence-electron chi connectivity index (χ0n) is 9.37. The van der Waals surface area contributed by atoms with Crippen LogP contribution in [0.2, 0.25) is 0 Å². The molecule has 0 spiro atoms. The maximum Gasteiger partial charge on any atom is 0.314 e. The van der Waals surface area contributed by atoms with E-state index in [0.29, 0.717) is 0 Å². The van der Waals surface area contributed by atoms with E-state index in [9.17, 15) is 4.79 Å². The molecule has 0 aliphatic heterocycles. The van der Waals surface area contributed by atoms with Gasteiger partial charge in [0.25, 0.3) is 0 Å². The van der Waals surface area contributed by atoms with E-state index in [4.69, 9.17) is 0 Å². The molecule has 2 N–H and O–H groups in total. The van der Waals surface area contributed by atoms with Crippen LogP contribution in [0.4, 0.5) is 4.79 Å². The zero-order chi connectivity index (χ0) is 11.2. The highest BCUT2D eigenvalue weighted by atomic mass is 16.2. The lowest BCUT2D eigenvalue weighted by molar-refractivity contribution is 0.245. The number of hydrogen-bond donors (Lipinski definition) is 2. The number of urea groups is 1. The highest BCUT2D eigenvalue weighted by Crippen LogP contribution is 1.79. The number of hydrogen-bond acceptors (Lipinski definition) is 1. The molecule has 0 atom stereocenters. The van der Waals surface area contributed by atoms with E-state index in [1.807, 2.05) is 50.2 Å². The highest BCUT2D eigenvalue weighted by molar-refractivity contribution is 5.72. The molecule has 0 saturated carbocycles. The number of amides is 2. The van der Waals surface area contributed by atoms with Gasteiger partial charge < -0.3 is 10.6 Å². The van der Waals surface area contributed by atoms with Crippen LogP contribution in [0.1, 0.15) is 13.8 Å². The van der Waals surface area contributed by atoms with Crippen LogP contribution < -0.4 is 10.6 Å².